The third-order valence-corrected chi connectivity index (χ3v) is 3.35. The van der Waals surface area contributed by atoms with Crippen LogP contribution in [-0.2, 0) is 6.42 Å². The number of halogens is 1. The highest BCUT2D eigenvalue weighted by molar-refractivity contribution is 9.10. The van der Waals surface area contributed by atoms with E-state index < -0.39 is 0 Å². The van der Waals surface area contributed by atoms with Crippen LogP contribution in [0.4, 0.5) is 0 Å². The van der Waals surface area contributed by atoms with E-state index in [2.05, 4.69) is 54.8 Å². The Morgan fingerprint density at radius 2 is 2.33 bits per heavy atom. The zero-order valence-corrected chi connectivity index (χ0v) is 9.53. The van der Waals surface area contributed by atoms with E-state index in [-0.39, 0.29) is 0 Å². The molecule has 0 saturated carbocycles. The van der Waals surface area contributed by atoms with Crippen LogP contribution >= 0.6 is 15.9 Å². The minimum absolute atomic E-state index is 0.302. The molecule has 1 unspecified atom stereocenters. The normalized spacial score (nSPS) is 19.1. The fraction of sp³-hybridized carbons (Fsp3) is 0.300. The molecule has 0 aliphatic heterocycles. The van der Waals surface area contributed by atoms with Crippen LogP contribution in [0.5, 0.6) is 0 Å². The van der Waals surface area contributed by atoms with E-state index in [0.29, 0.717) is 5.92 Å². The maximum Gasteiger partial charge on any atom is 0.182 e. The Bertz CT molecular complexity index is 480. The summed E-state index contributed by atoms with van der Waals surface area (Å²) in [6, 6.07) is 6.40. The lowest BCUT2D eigenvalue weighted by atomic mass is 10.0. The summed E-state index contributed by atoms with van der Waals surface area (Å²) in [5.41, 5.74) is 2.72. The number of fused-ring (bicyclic) bond motifs is 1. The van der Waals surface area contributed by atoms with E-state index in [0.717, 1.165) is 23.1 Å². The standard InChI is InChI=1S/C10H9BrN4/c11-7-3-1-6-2-4-8(9(6)5-7)10-12-14-15-13-10/h1,3,5,8H,2,4H2,(H,12,13,14,15). The van der Waals surface area contributed by atoms with Gasteiger partial charge >= 0.3 is 0 Å². The fourth-order valence-electron chi connectivity index (χ4n) is 2.16. The lowest BCUT2D eigenvalue weighted by molar-refractivity contribution is 0.731. The van der Waals surface area contributed by atoms with Crippen molar-refractivity contribution in [3.8, 4) is 0 Å². The van der Waals surface area contributed by atoms with E-state index >= 15 is 0 Å². The summed E-state index contributed by atoms with van der Waals surface area (Å²) in [6.45, 7) is 0. The number of H-pyrrole nitrogens is 1. The van der Waals surface area contributed by atoms with Crippen molar-refractivity contribution in [2.45, 2.75) is 18.8 Å². The molecule has 1 aromatic carbocycles. The lowest BCUT2D eigenvalue weighted by Gasteiger charge is -2.06. The number of aromatic nitrogens is 4. The molecule has 0 spiro atoms. The van der Waals surface area contributed by atoms with Gasteiger partial charge in [-0.15, -0.1) is 10.2 Å². The molecule has 3 rings (SSSR count). The Morgan fingerprint density at radius 3 is 3.13 bits per heavy atom. The Labute approximate surface area is 95.2 Å². The van der Waals surface area contributed by atoms with Crippen molar-refractivity contribution < 1.29 is 0 Å². The van der Waals surface area contributed by atoms with Gasteiger partial charge in [0, 0.05) is 10.4 Å². The Hall–Kier alpha value is -1.23. The topological polar surface area (TPSA) is 54.5 Å². The molecule has 1 atom stereocenters. The predicted octanol–water partition coefficient (Wildman–Crippen LogP) is 2.04. The number of rotatable bonds is 1. The van der Waals surface area contributed by atoms with Crippen LogP contribution in [-0.4, -0.2) is 20.6 Å². The molecule has 0 amide bonds. The van der Waals surface area contributed by atoms with E-state index in [1.165, 1.54) is 11.1 Å². The largest absolute Gasteiger partial charge is 0.182 e. The van der Waals surface area contributed by atoms with E-state index in [9.17, 15) is 0 Å². The first-order valence-corrected chi connectivity index (χ1v) is 5.65. The second-order valence-corrected chi connectivity index (χ2v) is 4.62. The molecule has 1 heterocycles. The molecule has 15 heavy (non-hydrogen) atoms. The number of aromatic amines is 1. The molecule has 76 valence electrons. The molecular weight excluding hydrogens is 256 g/mol. The molecule has 1 N–H and O–H groups in total. The second-order valence-electron chi connectivity index (χ2n) is 3.70. The maximum absolute atomic E-state index is 4.06. The molecule has 1 aliphatic carbocycles. The van der Waals surface area contributed by atoms with Gasteiger partial charge < -0.3 is 0 Å². The molecular formula is C10H9BrN4. The molecule has 4 nitrogen and oxygen atoms in total. The first kappa shape index (κ1) is 9.03. The van der Waals surface area contributed by atoms with Gasteiger partial charge in [-0.1, -0.05) is 27.2 Å². The number of hydrogen-bond acceptors (Lipinski definition) is 3. The molecule has 2 aromatic rings. The molecule has 0 radical (unpaired) electrons. The van der Waals surface area contributed by atoms with Crippen LogP contribution in [0, 0.1) is 0 Å². The first-order chi connectivity index (χ1) is 7.34. The first-order valence-electron chi connectivity index (χ1n) is 4.86. The monoisotopic (exact) mass is 264 g/mol. The quantitative estimate of drug-likeness (QED) is 0.858. The van der Waals surface area contributed by atoms with Crippen molar-refractivity contribution in [3.05, 3.63) is 39.6 Å². The Kier molecular flexibility index (Phi) is 2.05. The summed E-state index contributed by atoms with van der Waals surface area (Å²) < 4.78 is 1.11. The maximum atomic E-state index is 4.06. The van der Waals surface area contributed by atoms with Gasteiger partial charge in [0.25, 0.3) is 0 Å². The van der Waals surface area contributed by atoms with Gasteiger partial charge in [-0.2, -0.15) is 5.21 Å². The number of aryl methyl sites for hydroxylation is 1. The van der Waals surface area contributed by atoms with E-state index in [1.807, 2.05) is 0 Å². The molecule has 5 heteroatoms. The molecule has 1 aliphatic rings. The number of nitrogens with one attached hydrogen (secondary N) is 1. The number of hydrogen-bond donors (Lipinski definition) is 1. The van der Waals surface area contributed by atoms with Gasteiger partial charge in [0.15, 0.2) is 5.82 Å². The Morgan fingerprint density at radius 1 is 1.40 bits per heavy atom. The van der Waals surface area contributed by atoms with Crippen molar-refractivity contribution in [2.24, 2.45) is 0 Å². The number of benzene rings is 1. The minimum atomic E-state index is 0.302. The average Bonchev–Trinajstić information content (AvgIpc) is 2.83. The van der Waals surface area contributed by atoms with Crippen LogP contribution in [0.25, 0.3) is 0 Å². The third-order valence-electron chi connectivity index (χ3n) is 2.86. The average molecular weight is 265 g/mol. The van der Waals surface area contributed by atoms with Gasteiger partial charge in [0.1, 0.15) is 0 Å². The smallest absolute Gasteiger partial charge is 0.177 e. The molecule has 0 fully saturated rings. The summed E-state index contributed by atoms with van der Waals surface area (Å²) in [7, 11) is 0. The van der Waals surface area contributed by atoms with E-state index in [1.54, 1.807) is 0 Å². The van der Waals surface area contributed by atoms with Crippen LogP contribution in [0.15, 0.2) is 22.7 Å². The van der Waals surface area contributed by atoms with Gasteiger partial charge in [-0.3, -0.25) is 0 Å². The summed E-state index contributed by atoms with van der Waals surface area (Å²) in [6.07, 6.45) is 2.17. The van der Waals surface area contributed by atoms with Gasteiger partial charge in [0.05, 0.1) is 0 Å². The SMILES string of the molecule is Brc1ccc2c(c1)C(c1nn[nH]n1)CC2. The fourth-order valence-corrected chi connectivity index (χ4v) is 2.54. The second kappa shape index (κ2) is 3.41. The van der Waals surface area contributed by atoms with Gasteiger partial charge in [0.2, 0.25) is 0 Å². The van der Waals surface area contributed by atoms with E-state index in [4.69, 9.17) is 0 Å². The van der Waals surface area contributed by atoms with Crippen molar-refractivity contribution in [1.82, 2.24) is 20.6 Å². The summed E-state index contributed by atoms with van der Waals surface area (Å²) in [5.74, 6) is 1.10. The molecule has 1 aromatic heterocycles. The van der Waals surface area contributed by atoms with Crippen LogP contribution < -0.4 is 0 Å². The highest BCUT2D eigenvalue weighted by Crippen LogP contribution is 2.37. The summed E-state index contributed by atoms with van der Waals surface area (Å²) >= 11 is 3.49. The van der Waals surface area contributed by atoms with Crippen molar-refractivity contribution >= 4 is 15.9 Å². The van der Waals surface area contributed by atoms with Crippen LogP contribution in [0.1, 0.15) is 29.3 Å². The summed E-state index contributed by atoms with van der Waals surface area (Å²) in [5, 5.41) is 14.3. The number of tetrazole rings is 1. The Balaban J connectivity index is 2.08. The van der Waals surface area contributed by atoms with Gasteiger partial charge in [-0.25, -0.2) is 0 Å². The van der Waals surface area contributed by atoms with Gasteiger partial charge in [-0.05, 0) is 36.1 Å². The molecule has 0 saturated heterocycles. The van der Waals surface area contributed by atoms with Crippen molar-refractivity contribution in [2.75, 3.05) is 0 Å². The minimum Gasteiger partial charge on any atom is -0.177 e. The van der Waals surface area contributed by atoms with Crippen molar-refractivity contribution in [1.29, 1.82) is 0 Å². The van der Waals surface area contributed by atoms with Crippen LogP contribution in [0.2, 0.25) is 0 Å². The predicted molar refractivity (Wildman–Crippen MR) is 58.5 cm³/mol. The zero-order chi connectivity index (χ0) is 10.3. The molecule has 0 bridgehead atoms. The van der Waals surface area contributed by atoms with Crippen molar-refractivity contribution in [3.63, 3.8) is 0 Å². The third kappa shape index (κ3) is 1.47. The number of nitrogens with zero attached hydrogens (tertiary/aromatic N) is 3. The highest BCUT2D eigenvalue weighted by Gasteiger charge is 2.26. The zero-order valence-electron chi connectivity index (χ0n) is 7.94. The highest BCUT2D eigenvalue weighted by atomic mass is 79.9. The van der Waals surface area contributed by atoms with Crippen LogP contribution in [0.3, 0.4) is 0 Å². The summed E-state index contributed by atoms with van der Waals surface area (Å²) in [4.78, 5) is 0. The lowest BCUT2D eigenvalue weighted by Crippen LogP contribution is -1.98.